The Morgan fingerprint density at radius 2 is 1.89 bits per heavy atom. The minimum absolute atomic E-state index is 0.119. The summed E-state index contributed by atoms with van der Waals surface area (Å²) in [7, 11) is 1.57. The van der Waals surface area contributed by atoms with Gasteiger partial charge in [0, 0.05) is 24.6 Å². The second-order valence-corrected chi connectivity index (χ2v) is 6.30. The Labute approximate surface area is 156 Å². The van der Waals surface area contributed by atoms with Crippen molar-refractivity contribution in [3.8, 4) is 5.75 Å². The summed E-state index contributed by atoms with van der Waals surface area (Å²) in [6.45, 7) is 0.471. The molecule has 0 unspecified atom stereocenters. The molecule has 1 aromatic heterocycles. The summed E-state index contributed by atoms with van der Waals surface area (Å²) in [5.74, 6) is 0.277. The van der Waals surface area contributed by atoms with E-state index in [0.717, 1.165) is 10.9 Å². The molecule has 1 amide bonds. The molecule has 0 saturated heterocycles. The number of benzene rings is 2. The molecule has 0 aliphatic heterocycles. The smallest absolute Gasteiger partial charge is 0.251 e. The lowest BCUT2D eigenvalue weighted by Gasteiger charge is -2.07. The van der Waals surface area contributed by atoms with E-state index in [1.807, 2.05) is 12.1 Å². The number of H-pyrrole nitrogens is 1. The SMILES string of the molecule is COc1ccc2cc(CCC(=O)NCCc3ccc(F)cc3)c(=O)[nH]c2c1. The number of aromatic amines is 1. The van der Waals surface area contributed by atoms with E-state index < -0.39 is 0 Å². The zero-order valence-corrected chi connectivity index (χ0v) is 15.0. The van der Waals surface area contributed by atoms with Gasteiger partial charge in [0.05, 0.1) is 12.6 Å². The fourth-order valence-corrected chi connectivity index (χ4v) is 2.87. The molecule has 0 aliphatic carbocycles. The second-order valence-electron chi connectivity index (χ2n) is 6.30. The van der Waals surface area contributed by atoms with Crippen molar-refractivity contribution >= 4 is 16.8 Å². The van der Waals surface area contributed by atoms with E-state index in [1.54, 1.807) is 31.4 Å². The van der Waals surface area contributed by atoms with E-state index in [4.69, 9.17) is 4.74 Å². The van der Waals surface area contributed by atoms with Crippen LogP contribution in [0.4, 0.5) is 4.39 Å². The van der Waals surface area contributed by atoms with Crippen LogP contribution < -0.4 is 15.6 Å². The van der Waals surface area contributed by atoms with Crippen molar-refractivity contribution in [3.63, 3.8) is 0 Å². The van der Waals surface area contributed by atoms with E-state index in [9.17, 15) is 14.0 Å². The van der Waals surface area contributed by atoms with Crippen LogP contribution in [0.25, 0.3) is 10.9 Å². The zero-order chi connectivity index (χ0) is 19.2. The number of aromatic nitrogens is 1. The maximum absolute atomic E-state index is 12.9. The molecule has 1 heterocycles. The summed E-state index contributed by atoms with van der Waals surface area (Å²) in [5, 5.41) is 3.72. The second kappa shape index (κ2) is 8.49. The first-order valence-corrected chi connectivity index (χ1v) is 8.76. The average molecular weight is 368 g/mol. The van der Waals surface area contributed by atoms with Crippen molar-refractivity contribution in [2.24, 2.45) is 0 Å². The van der Waals surface area contributed by atoms with Gasteiger partial charge in [-0.2, -0.15) is 0 Å². The number of methoxy groups -OCH3 is 1. The summed E-state index contributed by atoms with van der Waals surface area (Å²) in [6, 6.07) is 13.5. The quantitative estimate of drug-likeness (QED) is 0.674. The van der Waals surface area contributed by atoms with Gasteiger partial charge in [-0.3, -0.25) is 9.59 Å². The normalized spacial score (nSPS) is 10.7. The number of aryl methyl sites for hydroxylation is 1. The molecule has 2 aromatic carbocycles. The van der Waals surface area contributed by atoms with Gasteiger partial charge in [-0.25, -0.2) is 4.39 Å². The number of halogens is 1. The average Bonchev–Trinajstić information content (AvgIpc) is 2.67. The standard InChI is InChI=1S/C21H21FN2O3/c1-27-18-8-4-15-12-16(21(26)24-19(15)13-18)5-9-20(25)23-11-10-14-2-6-17(22)7-3-14/h2-4,6-8,12-13H,5,9-11H2,1H3,(H,23,25)(H,24,26). The fraction of sp³-hybridized carbons (Fsp3) is 0.238. The predicted octanol–water partition coefficient (Wildman–Crippen LogP) is 2.97. The van der Waals surface area contributed by atoms with Crippen molar-refractivity contribution < 1.29 is 13.9 Å². The number of hydrogen-bond donors (Lipinski definition) is 2. The molecular weight excluding hydrogens is 347 g/mol. The first-order chi connectivity index (χ1) is 13.0. The summed E-state index contributed by atoms with van der Waals surface area (Å²) in [4.78, 5) is 27.1. The monoisotopic (exact) mass is 368 g/mol. The van der Waals surface area contributed by atoms with Gasteiger partial charge in [0.1, 0.15) is 11.6 Å². The van der Waals surface area contributed by atoms with Gasteiger partial charge in [0.25, 0.3) is 5.56 Å². The highest BCUT2D eigenvalue weighted by atomic mass is 19.1. The third-order valence-electron chi connectivity index (χ3n) is 4.40. The third kappa shape index (κ3) is 4.94. The van der Waals surface area contributed by atoms with E-state index in [-0.39, 0.29) is 23.7 Å². The Morgan fingerprint density at radius 1 is 1.11 bits per heavy atom. The lowest BCUT2D eigenvalue weighted by atomic mass is 10.1. The lowest BCUT2D eigenvalue weighted by molar-refractivity contribution is -0.121. The van der Waals surface area contributed by atoms with Gasteiger partial charge in [-0.05, 0) is 54.1 Å². The van der Waals surface area contributed by atoms with E-state index in [1.165, 1.54) is 12.1 Å². The predicted molar refractivity (Wildman–Crippen MR) is 103 cm³/mol. The maximum Gasteiger partial charge on any atom is 0.251 e. The number of amides is 1. The Bertz CT molecular complexity index is 996. The highest BCUT2D eigenvalue weighted by molar-refractivity contribution is 5.81. The number of rotatable bonds is 7. The van der Waals surface area contributed by atoms with Crippen LogP contribution in [0.15, 0.2) is 53.3 Å². The molecule has 2 N–H and O–H groups in total. The summed E-state index contributed by atoms with van der Waals surface area (Å²) >= 11 is 0. The van der Waals surface area contributed by atoms with Crippen molar-refractivity contribution in [2.45, 2.75) is 19.3 Å². The van der Waals surface area contributed by atoms with Crippen molar-refractivity contribution in [3.05, 3.63) is 75.8 Å². The largest absolute Gasteiger partial charge is 0.497 e. The van der Waals surface area contributed by atoms with Crippen LogP contribution in [-0.4, -0.2) is 24.5 Å². The van der Waals surface area contributed by atoms with E-state index >= 15 is 0 Å². The van der Waals surface area contributed by atoms with Crippen molar-refractivity contribution in [1.82, 2.24) is 10.3 Å². The van der Waals surface area contributed by atoms with Gasteiger partial charge < -0.3 is 15.0 Å². The number of nitrogens with one attached hydrogen (secondary N) is 2. The molecule has 5 nitrogen and oxygen atoms in total. The highest BCUT2D eigenvalue weighted by Crippen LogP contribution is 2.18. The minimum atomic E-state index is -0.276. The minimum Gasteiger partial charge on any atom is -0.497 e. The number of carbonyl (C=O) groups excluding carboxylic acids is 1. The Hall–Kier alpha value is -3.15. The van der Waals surface area contributed by atoms with Crippen LogP contribution in [0.5, 0.6) is 5.75 Å². The van der Waals surface area contributed by atoms with Gasteiger partial charge in [0.2, 0.25) is 5.91 Å². The molecule has 0 fully saturated rings. The van der Waals surface area contributed by atoms with Crippen LogP contribution in [-0.2, 0) is 17.6 Å². The number of ether oxygens (including phenoxy) is 1. The third-order valence-corrected chi connectivity index (χ3v) is 4.40. The van der Waals surface area contributed by atoms with Gasteiger partial charge in [-0.1, -0.05) is 12.1 Å². The number of fused-ring (bicyclic) bond motifs is 1. The highest BCUT2D eigenvalue weighted by Gasteiger charge is 2.07. The molecule has 0 bridgehead atoms. The number of carbonyl (C=O) groups is 1. The summed E-state index contributed by atoms with van der Waals surface area (Å²) in [5.41, 5.74) is 2.03. The molecule has 0 radical (unpaired) electrons. The van der Waals surface area contributed by atoms with Crippen LogP contribution in [0.1, 0.15) is 17.5 Å². The van der Waals surface area contributed by atoms with Gasteiger partial charge >= 0.3 is 0 Å². The maximum atomic E-state index is 12.9. The molecular formula is C21H21FN2O3. The number of hydrogen-bond acceptors (Lipinski definition) is 3. The Morgan fingerprint density at radius 3 is 2.63 bits per heavy atom. The molecule has 27 heavy (non-hydrogen) atoms. The fourth-order valence-electron chi connectivity index (χ4n) is 2.87. The molecule has 0 aliphatic rings. The first kappa shape index (κ1) is 18.6. The van der Waals surface area contributed by atoms with E-state index in [0.29, 0.717) is 36.2 Å². The topological polar surface area (TPSA) is 71.2 Å². The molecule has 0 spiro atoms. The summed E-state index contributed by atoms with van der Waals surface area (Å²) < 4.78 is 18.0. The van der Waals surface area contributed by atoms with Gasteiger partial charge in [-0.15, -0.1) is 0 Å². The van der Waals surface area contributed by atoms with E-state index in [2.05, 4.69) is 10.3 Å². The summed E-state index contributed by atoms with van der Waals surface area (Å²) in [6.07, 6.45) is 1.22. The number of pyridine rings is 1. The molecule has 140 valence electrons. The Kier molecular flexibility index (Phi) is 5.86. The van der Waals surface area contributed by atoms with Crippen LogP contribution in [0.3, 0.4) is 0 Å². The molecule has 0 saturated carbocycles. The van der Waals surface area contributed by atoms with Crippen LogP contribution in [0.2, 0.25) is 0 Å². The zero-order valence-electron chi connectivity index (χ0n) is 15.0. The lowest BCUT2D eigenvalue weighted by Crippen LogP contribution is -2.26. The molecule has 3 rings (SSSR count). The van der Waals surface area contributed by atoms with Gasteiger partial charge in [0.15, 0.2) is 0 Å². The van der Waals surface area contributed by atoms with Crippen molar-refractivity contribution in [2.75, 3.05) is 13.7 Å². The first-order valence-electron chi connectivity index (χ1n) is 8.76. The molecule has 6 heteroatoms. The van der Waals surface area contributed by atoms with Crippen molar-refractivity contribution in [1.29, 1.82) is 0 Å². The molecule has 0 atom stereocenters. The van der Waals surface area contributed by atoms with Crippen LogP contribution in [0, 0.1) is 5.82 Å². The molecule has 3 aromatic rings. The Balaban J connectivity index is 1.54. The van der Waals surface area contributed by atoms with Crippen LogP contribution >= 0.6 is 0 Å².